The van der Waals surface area contributed by atoms with Crippen LogP contribution in [0.3, 0.4) is 0 Å². The van der Waals surface area contributed by atoms with Crippen molar-refractivity contribution in [1.82, 2.24) is 0 Å². The molecule has 0 saturated carbocycles. The number of rotatable bonds is 5. The number of methoxy groups -OCH3 is 1. The van der Waals surface area contributed by atoms with E-state index in [0.717, 1.165) is 17.0 Å². The zero-order valence-electron chi connectivity index (χ0n) is 11.7. The predicted molar refractivity (Wildman–Crippen MR) is 79.6 cm³/mol. The number of likely N-dealkylation sites (N-methyl/N-ethyl adjacent to an activating group) is 1. The van der Waals surface area contributed by atoms with E-state index in [0.29, 0.717) is 6.54 Å². The molecule has 4 heteroatoms. The minimum absolute atomic E-state index is 0.109. The van der Waals surface area contributed by atoms with Gasteiger partial charge >= 0.3 is 0 Å². The Morgan fingerprint density at radius 3 is 2.60 bits per heavy atom. The zero-order valence-corrected chi connectivity index (χ0v) is 11.7. The molecule has 20 heavy (non-hydrogen) atoms. The Hall–Kier alpha value is -2.07. The molecule has 106 valence electrons. The van der Waals surface area contributed by atoms with Crippen LogP contribution < -0.4 is 15.4 Å². The number of anilines is 1. The van der Waals surface area contributed by atoms with Crippen LogP contribution in [0.15, 0.2) is 48.5 Å². The highest BCUT2D eigenvalue weighted by Gasteiger charge is 2.18. The average Bonchev–Trinajstić information content (AvgIpc) is 2.48. The summed E-state index contributed by atoms with van der Waals surface area (Å²) in [6.07, 6.45) is 0. The van der Waals surface area contributed by atoms with Crippen molar-refractivity contribution in [3.63, 3.8) is 0 Å². The molecule has 2 aromatic rings. The molecule has 2 N–H and O–H groups in total. The number of benzene rings is 2. The molecular formula is C16H19FN2O. The van der Waals surface area contributed by atoms with Crippen LogP contribution in [0.4, 0.5) is 10.1 Å². The molecule has 2 rings (SSSR count). The molecule has 0 radical (unpaired) electrons. The summed E-state index contributed by atoms with van der Waals surface area (Å²) in [4.78, 5) is 2.01. The number of nitrogens with two attached hydrogens (primary N) is 1. The van der Waals surface area contributed by atoms with Gasteiger partial charge in [-0.15, -0.1) is 0 Å². The number of hydrogen-bond donors (Lipinski definition) is 1. The van der Waals surface area contributed by atoms with Gasteiger partial charge in [0.1, 0.15) is 11.6 Å². The molecule has 0 aliphatic carbocycles. The van der Waals surface area contributed by atoms with Crippen molar-refractivity contribution in [2.75, 3.05) is 25.6 Å². The third-order valence-corrected chi connectivity index (χ3v) is 3.39. The zero-order chi connectivity index (χ0) is 14.5. The third-order valence-electron chi connectivity index (χ3n) is 3.39. The lowest BCUT2D eigenvalue weighted by molar-refractivity contribution is 0.413. The van der Waals surface area contributed by atoms with E-state index in [-0.39, 0.29) is 11.9 Å². The van der Waals surface area contributed by atoms with Crippen molar-refractivity contribution in [1.29, 1.82) is 0 Å². The Labute approximate surface area is 118 Å². The second-order valence-electron chi connectivity index (χ2n) is 4.59. The van der Waals surface area contributed by atoms with Crippen LogP contribution >= 0.6 is 0 Å². The second kappa shape index (κ2) is 6.39. The van der Waals surface area contributed by atoms with Crippen LogP contribution in [0.2, 0.25) is 0 Å². The van der Waals surface area contributed by atoms with Gasteiger partial charge < -0.3 is 15.4 Å². The quantitative estimate of drug-likeness (QED) is 0.911. The van der Waals surface area contributed by atoms with E-state index in [1.165, 1.54) is 12.1 Å². The summed E-state index contributed by atoms with van der Waals surface area (Å²) >= 11 is 0. The predicted octanol–water partition coefficient (Wildman–Crippen LogP) is 2.97. The van der Waals surface area contributed by atoms with E-state index in [2.05, 4.69) is 0 Å². The summed E-state index contributed by atoms with van der Waals surface area (Å²) in [6, 6.07) is 14.1. The van der Waals surface area contributed by atoms with Gasteiger partial charge in [0.2, 0.25) is 0 Å². The summed E-state index contributed by atoms with van der Waals surface area (Å²) in [6.45, 7) is 0.387. The van der Waals surface area contributed by atoms with Crippen LogP contribution in [0.1, 0.15) is 11.6 Å². The molecule has 1 atom stereocenters. The van der Waals surface area contributed by atoms with Gasteiger partial charge in [0, 0.05) is 13.6 Å². The Balaban J connectivity index is 2.36. The lowest BCUT2D eigenvalue weighted by Gasteiger charge is -2.30. The highest BCUT2D eigenvalue weighted by Crippen LogP contribution is 2.32. The first-order chi connectivity index (χ1) is 9.67. The molecule has 2 aromatic carbocycles. The first-order valence-electron chi connectivity index (χ1n) is 6.48. The summed E-state index contributed by atoms with van der Waals surface area (Å²) in [5.74, 6) is 0.513. The molecule has 0 aromatic heterocycles. The number of halogens is 1. The average molecular weight is 274 g/mol. The lowest BCUT2D eigenvalue weighted by atomic mass is 10.0. The smallest absolute Gasteiger partial charge is 0.142 e. The fourth-order valence-corrected chi connectivity index (χ4v) is 2.32. The Morgan fingerprint density at radius 2 is 1.95 bits per heavy atom. The topological polar surface area (TPSA) is 38.5 Å². The molecule has 0 aliphatic rings. The SMILES string of the molecule is COc1ccccc1N(C)C(CN)c1cccc(F)c1. The van der Waals surface area contributed by atoms with Crippen molar-refractivity contribution in [2.45, 2.75) is 6.04 Å². The van der Waals surface area contributed by atoms with Crippen molar-refractivity contribution >= 4 is 5.69 Å². The first-order valence-corrected chi connectivity index (χ1v) is 6.48. The van der Waals surface area contributed by atoms with Gasteiger partial charge in [-0.05, 0) is 29.8 Å². The second-order valence-corrected chi connectivity index (χ2v) is 4.59. The van der Waals surface area contributed by atoms with Crippen LogP contribution in [-0.4, -0.2) is 20.7 Å². The van der Waals surface area contributed by atoms with E-state index < -0.39 is 0 Å². The molecule has 1 unspecified atom stereocenters. The van der Waals surface area contributed by atoms with Crippen LogP contribution in [0.5, 0.6) is 5.75 Å². The molecule has 0 saturated heterocycles. The minimum atomic E-state index is -0.255. The van der Waals surface area contributed by atoms with E-state index in [4.69, 9.17) is 10.5 Å². The molecule has 0 fully saturated rings. The summed E-state index contributed by atoms with van der Waals surface area (Å²) in [5, 5.41) is 0. The van der Waals surface area contributed by atoms with Gasteiger partial charge in [-0.1, -0.05) is 24.3 Å². The summed E-state index contributed by atoms with van der Waals surface area (Å²) < 4.78 is 18.8. The Kier molecular flexibility index (Phi) is 4.58. The van der Waals surface area contributed by atoms with Gasteiger partial charge in [-0.2, -0.15) is 0 Å². The molecule has 3 nitrogen and oxygen atoms in total. The van der Waals surface area contributed by atoms with Crippen LogP contribution in [0, 0.1) is 5.82 Å². The van der Waals surface area contributed by atoms with Gasteiger partial charge in [-0.25, -0.2) is 4.39 Å². The Bertz CT molecular complexity index is 574. The summed E-state index contributed by atoms with van der Waals surface area (Å²) in [5.41, 5.74) is 7.65. The van der Waals surface area contributed by atoms with E-state index in [9.17, 15) is 4.39 Å². The highest BCUT2D eigenvalue weighted by molar-refractivity contribution is 5.59. The maximum Gasteiger partial charge on any atom is 0.142 e. The van der Waals surface area contributed by atoms with Crippen LogP contribution in [0.25, 0.3) is 0 Å². The largest absolute Gasteiger partial charge is 0.495 e. The van der Waals surface area contributed by atoms with Gasteiger partial charge in [0.05, 0.1) is 18.8 Å². The number of nitrogens with zero attached hydrogens (tertiary/aromatic N) is 1. The maximum atomic E-state index is 13.4. The highest BCUT2D eigenvalue weighted by atomic mass is 19.1. The lowest BCUT2D eigenvalue weighted by Crippen LogP contribution is -2.30. The fraction of sp³-hybridized carbons (Fsp3) is 0.250. The molecule has 0 spiro atoms. The minimum Gasteiger partial charge on any atom is -0.495 e. The molecular weight excluding hydrogens is 255 g/mol. The fourth-order valence-electron chi connectivity index (χ4n) is 2.32. The standard InChI is InChI=1S/C16H19FN2O/c1-19(14-8-3-4-9-16(14)20-2)15(11-18)12-6-5-7-13(17)10-12/h3-10,15H,11,18H2,1-2H3. The van der Waals surface area contributed by atoms with Gasteiger partial charge in [0.15, 0.2) is 0 Å². The van der Waals surface area contributed by atoms with E-state index in [1.54, 1.807) is 13.2 Å². The summed E-state index contributed by atoms with van der Waals surface area (Å²) in [7, 11) is 3.56. The molecule has 0 bridgehead atoms. The van der Waals surface area contributed by atoms with E-state index in [1.807, 2.05) is 42.3 Å². The third kappa shape index (κ3) is 2.91. The monoisotopic (exact) mass is 274 g/mol. The number of hydrogen-bond acceptors (Lipinski definition) is 3. The van der Waals surface area contributed by atoms with Gasteiger partial charge in [-0.3, -0.25) is 0 Å². The van der Waals surface area contributed by atoms with Gasteiger partial charge in [0.25, 0.3) is 0 Å². The maximum absolute atomic E-state index is 13.4. The number of para-hydroxylation sites is 2. The van der Waals surface area contributed by atoms with Crippen LogP contribution in [-0.2, 0) is 0 Å². The van der Waals surface area contributed by atoms with Crippen molar-refractivity contribution in [2.24, 2.45) is 5.73 Å². The van der Waals surface area contributed by atoms with Crippen molar-refractivity contribution in [3.05, 3.63) is 59.9 Å². The van der Waals surface area contributed by atoms with Crippen molar-refractivity contribution < 1.29 is 9.13 Å². The molecule has 0 heterocycles. The normalized spacial score (nSPS) is 12.0. The first kappa shape index (κ1) is 14.3. The number of ether oxygens (including phenoxy) is 1. The van der Waals surface area contributed by atoms with Crippen molar-refractivity contribution in [3.8, 4) is 5.75 Å². The molecule has 0 amide bonds. The van der Waals surface area contributed by atoms with E-state index >= 15 is 0 Å². The molecule has 0 aliphatic heterocycles. The Morgan fingerprint density at radius 1 is 1.20 bits per heavy atom.